The molecule has 0 radical (unpaired) electrons. The van der Waals surface area contributed by atoms with Crippen molar-refractivity contribution in [2.75, 3.05) is 0 Å². The average Bonchev–Trinajstić information content (AvgIpc) is 2.26. The summed E-state index contributed by atoms with van der Waals surface area (Å²) >= 11 is 0. The van der Waals surface area contributed by atoms with Crippen molar-refractivity contribution in [3.05, 3.63) is 34.9 Å². The van der Waals surface area contributed by atoms with Gasteiger partial charge in [0.2, 0.25) is 0 Å². The highest BCUT2D eigenvalue weighted by molar-refractivity contribution is 5.77. The first-order chi connectivity index (χ1) is 7.10. The lowest BCUT2D eigenvalue weighted by Crippen LogP contribution is -2.15. The quantitative estimate of drug-likeness (QED) is 0.563. The zero-order chi connectivity index (χ0) is 11.4. The Kier molecular flexibility index (Phi) is 3.56. The molecule has 0 fully saturated rings. The molecule has 2 unspecified atom stereocenters. The number of hydrogen-bond donors (Lipinski definition) is 2. The first-order valence-corrected chi connectivity index (χ1v) is 4.41. The van der Waals surface area contributed by atoms with Gasteiger partial charge in [0.25, 0.3) is 0 Å². The first-order valence-electron chi connectivity index (χ1n) is 4.41. The van der Waals surface area contributed by atoms with Gasteiger partial charge in [-0.25, -0.2) is 0 Å². The van der Waals surface area contributed by atoms with Crippen LogP contribution in [0.15, 0.2) is 18.2 Å². The fraction of sp³-hybridized carbons (Fsp3) is 0.273. The van der Waals surface area contributed by atoms with Gasteiger partial charge in [-0.1, -0.05) is 18.2 Å². The van der Waals surface area contributed by atoms with Crippen molar-refractivity contribution in [2.24, 2.45) is 0 Å². The molecular formula is C11H11NO3. The lowest BCUT2D eigenvalue weighted by Gasteiger charge is -2.13. The van der Waals surface area contributed by atoms with Gasteiger partial charge >= 0.3 is 0 Å². The van der Waals surface area contributed by atoms with Crippen LogP contribution in [0.2, 0.25) is 0 Å². The number of aliphatic hydroxyl groups is 2. The zero-order valence-electron chi connectivity index (χ0n) is 8.21. The van der Waals surface area contributed by atoms with Gasteiger partial charge in [0.05, 0.1) is 6.07 Å². The highest BCUT2D eigenvalue weighted by atomic mass is 16.3. The molecule has 1 aromatic rings. The normalized spacial score (nSPS) is 14.0. The molecule has 0 saturated carbocycles. The lowest BCUT2D eigenvalue weighted by atomic mass is 10.00. The van der Waals surface area contributed by atoms with Crippen molar-refractivity contribution in [2.45, 2.75) is 19.1 Å². The molecule has 2 N–H and O–H groups in total. The van der Waals surface area contributed by atoms with E-state index in [-0.39, 0.29) is 0 Å². The Hall–Kier alpha value is -1.70. The topological polar surface area (TPSA) is 81.3 Å². The van der Waals surface area contributed by atoms with E-state index >= 15 is 0 Å². The number of carbonyl (C=O) groups excluding carboxylic acids is 1. The van der Waals surface area contributed by atoms with Gasteiger partial charge in [-0.05, 0) is 18.1 Å². The molecule has 0 aliphatic heterocycles. The zero-order valence-corrected chi connectivity index (χ0v) is 8.21. The highest BCUT2D eigenvalue weighted by Crippen LogP contribution is 2.19. The summed E-state index contributed by atoms with van der Waals surface area (Å²) in [4.78, 5) is 10.5. The lowest BCUT2D eigenvalue weighted by molar-refractivity contribution is 0.0527. The minimum absolute atomic E-state index is 0.423. The van der Waals surface area contributed by atoms with Crippen LogP contribution in [0.4, 0.5) is 0 Å². The van der Waals surface area contributed by atoms with Gasteiger partial charge in [-0.2, -0.15) is 5.26 Å². The van der Waals surface area contributed by atoms with E-state index in [0.717, 1.165) is 0 Å². The van der Waals surface area contributed by atoms with Gasteiger partial charge in [0.15, 0.2) is 6.10 Å². The molecule has 0 spiro atoms. The SMILES string of the molecule is Cc1cc(C(O)C(O)C#N)ccc1C=O. The second kappa shape index (κ2) is 4.69. The predicted molar refractivity (Wildman–Crippen MR) is 53.1 cm³/mol. The summed E-state index contributed by atoms with van der Waals surface area (Å²) in [6, 6.07) is 6.19. The molecule has 0 amide bonds. The van der Waals surface area contributed by atoms with Crippen LogP contribution in [0.1, 0.15) is 27.6 Å². The molecule has 0 heterocycles. The molecule has 1 rings (SSSR count). The number of rotatable bonds is 3. The van der Waals surface area contributed by atoms with Crippen LogP contribution >= 0.6 is 0 Å². The molecule has 78 valence electrons. The number of hydrogen-bond acceptors (Lipinski definition) is 4. The summed E-state index contributed by atoms with van der Waals surface area (Å²) < 4.78 is 0. The van der Waals surface area contributed by atoms with Gasteiger partial charge in [0, 0.05) is 5.56 Å². The van der Waals surface area contributed by atoms with Crippen LogP contribution in [0.3, 0.4) is 0 Å². The second-order valence-electron chi connectivity index (χ2n) is 3.25. The Balaban J connectivity index is 3.03. The number of carbonyl (C=O) groups is 1. The van der Waals surface area contributed by atoms with E-state index in [2.05, 4.69) is 0 Å². The van der Waals surface area contributed by atoms with E-state index in [0.29, 0.717) is 23.0 Å². The Morgan fingerprint density at radius 2 is 2.13 bits per heavy atom. The van der Waals surface area contributed by atoms with E-state index in [1.54, 1.807) is 25.1 Å². The number of aliphatic hydroxyl groups excluding tert-OH is 2. The Labute approximate surface area is 87.4 Å². The Bertz CT molecular complexity index is 409. The van der Waals surface area contributed by atoms with Gasteiger partial charge in [-0.3, -0.25) is 4.79 Å². The van der Waals surface area contributed by atoms with Crippen molar-refractivity contribution in [1.82, 2.24) is 0 Å². The molecule has 1 aromatic carbocycles. The van der Waals surface area contributed by atoms with E-state index in [9.17, 15) is 9.90 Å². The fourth-order valence-electron chi connectivity index (χ4n) is 1.27. The number of aryl methyl sites for hydroxylation is 1. The molecule has 2 atom stereocenters. The van der Waals surface area contributed by atoms with Gasteiger partial charge in [-0.15, -0.1) is 0 Å². The van der Waals surface area contributed by atoms with E-state index in [1.165, 1.54) is 6.07 Å². The molecule has 0 aliphatic rings. The second-order valence-corrected chi connectivity index (χ2v) is 3.25. The first kappa shape index (κ1) is 11.4. The van der Waals surface area contributed by atoms with Gasteiger partial charge < -0.3 is 10.2 Å². The van der Waals surface area contributed by atoms with Crippen molar-refractivity contribution in [3.63, 3.8) is 0 Å². The smallest absolute Gasteiger partial charge is 0.170 e. The van der Waals surface area contributed by atoms with Crippen LogP contribution in [-0.2, 0) is 0 Å². The highest BCUT2D eigenvalue weighted by Gasteiger charge is 2.17. The van der Waals surface area contributed by atoms with Crippen LogP contribution in [0.25, 0.3) is 0 Å². The molecule has 4 heteroatoms. The Morgan fingerprint density at radius 3 is 2.60 bits per heavy atom. The third kappa shape index (κ3) is 2.40. The summed E-state index contributed by atoms with van der Waals surface area (Å²) in [5, 5.41) is 27.1. The van der Waals surface area contributed by atoms with Crippen molar-refractivity contribution < 1.29 is 15.0 Å². The number of benzene rings is 1. The minimum atomic E-state index is -1.45. The minimum Gasteiger partial charge on any atom is -0.385 e. The average molecular weight is 205 g/mol. The third-order valence-corrected chi connectivity index (χ3v) is 2.19. The van der Waals surface area contributed by atoms with E-state index < -0.39 is 12.2 Å². The summed E-state index contributed by atoms with van der Waals surface area (Å²) in [5.74, 6) is 0. The largest absolute Gasteiger partial charge is 0.385 e. The number of nitriles is 1. The maximum Gasteiger partial charge on any atom is 0.170 e. The van der Waals surface area contributed by atoms with Gasteiger partial charge in [0.1, 0.15) is 12.4 Å². The maximum absolute atomic E-state index is 10.5. The van der Waals surface area contributed by atoms with Crippen LogP contribution in [-0.4, -0.2) is 22.6 Å². The summed E-state index contributed by atoms with van der Waals surface area (Å²) in [6.45, 7) is 1.72. The third-order valence-electron chi connectivity index (χ3n) is 2.19. The molecule has 0 aromatic heterocycles. The monoisotopic (exact) mass is 205 g/mol. The van der Waals surface area contributed by atoms with Crippen LogP contribution < -0.4 is 0 Å². The van der Waals surface area contributed by atoms with E-state index in [4.69, 9.17) is 10.4 Å². The number of nitrogens with zero attached hydrogens (tertiary/aromatic N) is 1. The van der Waals surface area contributed by atoms with Crippen LogP contribution in [0.5, 0.6) is 0 Å². The molecule has 0 saturated heterocycles. The molecule has 0 aliphatic carbocycles. The van der Waals surface area contributed by atoms with Crippen molar-refractivity contribution in [1.29, 1.82) is 5.26 Å². The van der Waals surface area contributed by atoms with Crippen molar-refractivity contribution in [3.8, 4) is 6.07 Å². The summed E-state index contributed by atoms with van der Waals surface area (Å²) in [6.07, 6.45) is -1.98. The molecule has 0 bridgehead atoms. The van der Waals surface area contributed by atoms with E-state index in [1.807, 2.05) is 0 Å². The summed E-state index contributed by atoms with van der Waals surface area (Å²) in [7, 11) is 0. The molecule has 15 heavy (non-hydrogen) atoms. The molecular weight excluding hydrogens is 194 g/mol. The van der Waals surface area contributed by atoms with Crippen LogP contribution in [0, 0.1) is 18.3 Å². The number of aldehydes is 1. The van der Waals surface area contributed by atoms with Crippen molar-refractivity contribution >= 4 is 6.29 Å². The Morgan fingerprint density at radius 1 is 1.47 bits per heavy atom. The standard InChI is InChI=1S/C11H11NO3/c1-7-4-8(2-3-9(7)6-13)11(15)10(14)5-12/h2-4,6,10-11,14-15H,1H3. The predicted octanol–water partition coefficient (Wildman–Crippen LogP) is 0.725. The maximum atomic E-state index is 10.5. The fourth-order valence-corrected chi connectivity index (χ4v) is 1.27. The molecule has 4 nitrogen and oxygen atoms in total. The summed E-state index contributed by atoms with van der Waals surface area (Å²) in [5.41, 5.74) is 1.65.